The summed E-state index contributed by atoms with van der Waals surface area (Å²) >= 11 is 0.0917. The predicted octanol–water partition coefficient (Wildman–Crippen LogP) is 7.51. The van der Waals surface area contributed by atoms with E-state index in [4.69, 9.17) is 0 Å². The molecule has 30 heavy (non-hydrogen) atoms. The van der Waals surface area contributed by atoms with Crippen LogP contribution in [0.15, 0.2) is 24.3 Å². The Labute approximate surface area is 198 Å². The van der Waals surface area contributed by atoms with Gasteiger partial charge in [0.1, 0.15) is 0 Å². The predicted molar refractivity (Wildman–Crippen MR) is 143 cm³/mol. The van der Waals surface area contributed by atoms with Crippen LogP contribution >= 0.6 is 22.7 Å². The summed E-state index contributed by atoms with van der Waals surface area (Å²) < 4.78 is 3.43. The minimum absolute atomic E-state index is 0.113. The zero-order chi connectivity index (χ0) is 22.0. The van der Waals surface area contributed by atoms with E-state index in [-0.39, 0.29) is 10.8 Å². The van der Waals surface area contributed by atoms with Crippen LogP contribution in [0.2, 0.25) is 29.6 Å². The second-order valence-corrected chi connectivity index (χ2v) is 45.3. The number of thiophene rings is 2. The normalized spacial score (nSPS) is 18.2. The molecule has 2 aromatic heterocycles. The summed E-state index contributed by atoms with van der Waals surface area (Å²) in [4.78, 5) is 18.4. The molecule has 0 spiro atoms. The van der Waals surface area contributed by atoms with Crippen molar-refractivity contribution in [3.05, 3.63) is 46.5 Å². The van der Waals surface area contributed by atoms with Gasteiger partial charge in [-0.1, -0.05) is 0 Å². The fourth-order valence-electron chi connectivity index (χ4n) is 5.15. The summed E-state index contributed by atoms with van der Waals surface area (Å²) in [6, 6.07) is 10.4. The van der Waals surface area contributed by atoms with Crippen LogP contribution in [0.4, 0.5) is 0 Å². The number of rotatable bonds is 2. The Morgan fingerprint density at radius 1 is 0.533 bits per heavy atom. The fourth-order valence-corrected chi connectivity index (χ4v) is 18.2. The van der Waals surface area contributed by atoms with Gasteiger partial charge in [0, 0.05) is 0 Å². The Morgan fingerprint density at radius 2 is 0.867 bits per heavy atom. The van der Waals surface area contributed by atoms with Gasteiger partial charge in [-0.3, -0.25) is 0 Å². The fraction of sp³-hybridized carbons (Fsp3) is 0.462. The van der Waals surface area contributed by atoms with E-state index in [0.29, 0.717) is 0 Å². The molecule has 0 saturated carbocycles. The van der Waals surface area contributed by atoms with E-state index in [0.717, 1.165) is 0 Å². The molecule has 2 aliphatic carbocycles. The van der Waals surface area contributed by atoms with Crippen LogP contribution in [0.1, 0.15) is 49.9 Å². The molecule has 0 fully saturated rings. The van der Waals surface area contributed by atoms with Crippen molar-refractivity contribution < 1.29 is 0 Å². The van der Waals surface area contributed by atoms with Crippen LogP contribution in [0.25, 0.3) is 20.9 Å². The van der Waals surface area contributed by atoms with Crippen molar-refractivity contribution in [3.63, 3.8) is 0 Å². The molecule has 158 valence electrons. The molecule has 0 N–H and O–H groups in total. The summed E-state index contributed by atoms with van der Waals surface area (Å²) in [5, 5.41) is 0. The van der Waals surface area contributed by atoms with Crippen molar-refractivity contribution >= 4 is 65.2 Å². The monoisotopic (exact) mass is 650 g/mol. The molecule has 2 heterocycles. The van der Waals surface area contributed by atoms with Gasteiger partial charge in [-0.25, -0.2) is 0 Å². The second-order valence-electron chi connectivity index (χ2n) is 12.4. The van der Waals surface area contributed by atoms with Crippen molar-refractivity contribution in [1.82, 2.24) is 0 Å². The van der Waals surface area contributed by atoms with Crippen LogP contribution in [0.3, 0.4) is 0 Å². The van der Waals surface area contributed by atoms with Gasteiger partial charge in [-0.2, -0.15) is 0 Å². The number of benzene rings is 1. The van der Waals surface area contributed by atoms with Crippen molar-refractivity contribution in [2.45, 2.75) is 68.2 Å². The number of hydrogen-bond acceptors (Lipinski definition) is 2. The van der Waals surface area contributed by atoms with Gasteiger partial charge in [0.15, 0.2) is 0 Å². The SMILES string of the molecule is CC1(C)c2cc3c(cc2-c2s[c]([Sn]([CH3])([CH3])[CH3])cc21)C(C)(C)c1c[c]([Sn]([CH3])([CH3])[CH3])sc1-3. The van der Waals surface area contributed by atoms with E-state index >= 15 is 0 Å². The van der Waals surface area contributed by atoms with Crippen molar-refractivity contribution in [2.75, 3.05) is 0 Å². The molecule has 3 aromatic rings. The Kier molecular flexibility index (Phi) is 4.71. The number of fused-ring (bicyclic) bond motifs is 6. The zero-order valence-corrected chi connectivity index (χ0v) is 27.5. The summed E-state index contributed by atoms with van der Waals surface area (Å²) in [7, 11) is 0. The Morgan fingerprint density at radius 3 is 1.17 bits per heavy atom. The van der Waals surface area contributed by atoms with E-state index in [2.05, 4.69) is 104 Å². The van der Waals surface area contributed by atoms with E-state index in [1.807, 2.05) is 0 Å². The quantitative estimate of drug-likeness (QED) is 0.253. The van der Waals surface area contributed by atoms with Crippen LogP contribution in [-0.2, 0) is 10.8 Å². The first kappa shape index (κ1) is 22.0. The van der Waals surface area contributed by atoms with Crippen molar-refractivity contribution in [1.29, 1.82) is 0 Å². The van der Waals surface area contributed by atoms with Gasteiger partial charge in [-0.15, -0.1) is 0 Å². The molecule has 0 aliphatic heterocycles. The molecule has 0 atom stereocenters. The molecule has 2 aliphatic rings. The zero-order valence-electron chi connectivity index (χ0n) is 20.1. The van der Waals surface area contributed by atoms with Gasteiger partial charge in [-0.05, 0) is 0 Å². The first-order valence-corrected chi connectivity index (χ1v) is 32.7. The molecule has 0 radical (unpaired) electrons. The van der Waals surface area contributed by atoms with E-state index in [9.17, 15) is 0 Å². The first-order chi connectivity index (χ1) is 13.6. The first-order valence-electron chi connectivity index (χ1n) is 11.1. The van der Waals surface area contributed by atoms with E-state index in [1.165, 1.54) is 11.1 Å². The van der Waals surface area contributed by atoms with Crippen molar-refractivity contribution in [3.8, 4) is 20.9 Å². The second kappa shape index (κ2) is 6.42. The van der Waals surface area contributed by atoms with Gasteiger partial charge in [0.2, 0.25) is 0 Å². The average Bonchev–Trinajstić information content (AvgIpc) is 3.30. The Balaban J connectivity index is 1.75. The van der Waals surface area contributed by atoms with Gasteiger partial charge in [0.25, 0.3) is 0 Å². The molecule has 5 rings (SSSR count). The third-order valence-electron chi connectivity index (χ3n) is 7.28. The minimum atomic E-state index is -2.07. The molecule has 0 nitrogen and oxygen atoms in total. The van der Waals surface area contributed by atoms with Gasteiger partial charge in [0.05, 0.1) is 0 Å². The van der Waals surface area contributed by atoms with Crippen LogP contribution in [-0.4, -0.2) is 36.8 Å². The van der Waals surface area contributed by atoms with Gasteiger partial charge >= 0.3 is 201 Å². The molecule has 0 amide bonds. The summed E-state index contributed by atoms with van der Waals surface area (Å²) in [6.45, 7) is 9.80. The van der Waals surface area contributed by atoms with E-state index < -0.39 is 36.8 Å². The van der Waals surface area contributed by atoms with Gasteiger partial charge < -0.3 is 0 Å². The van der Waals surface area contributed by atoms with Crippen LogP contribution < -0.4 is 5.79 Å². The third kappa shape index (κ3) is 2.95. The number of hydrogen-bond donors (Lipinski definition) is 0. The Hall–Kier alpha value is 0.217. The van der Waals surface area contributed by atoms with Crippen molar-refractivity contribution in [2.24, 2.45) is 0 Å². The maximum atomic E-state index is 2.59. The summed E-state index contributed by atoms with van der Waals surface area (Å²) in [6.07, 6.45) is 0. The Bertz CT molecular complexity index is 1110. The molecule has 0 saturated heterocycles. The molecule has 0 bridgehead atoms. The standard InChI is InChI=1S/C20H16S2.6CH3.2Sn/c1-19(2)13-5-7-21-17(13)11-10-16-12(9-15(11)19)18-14(6-8-22-18)20(16,3)4;;;;;;;;/h5-6,9-10H,1-4H3;6*1H3;;. The summed E-state index contributed by atoms with van der Waals surface area (Å²) in [5.74, 6) is 0. The van der Waals surface area contributed by atoms with E-state index in [1.54, 1.807) is 37.8 Å². The molecular weight excluding hydrogens is 614 g/mol. The molecule has 0 unspecified atom stereocenters. The average molecular weight is 648 g/mol. The molecule has 4 heteroatoms. The van der Waals surface area contributed by atoms with Crippen LogP contribution in [0, 0.1) is 0 Å². The summed E-state index contributed by atoms with van der Waals surface area (Å²) in [5.41, 5.74) is 9.56. The third-order valence-corrected chi connectivity index (χ3v) is 28.5. The maximum absolute atomic E-state index is 2.59. The van der Waals surface area contributed by atoms with Crippen LogP contribution in [0.5, 0.6) is 0 Å². The molecular formula is C26H34S2Sn2. The topological polar surface area (TPSA) is 0 Å². The molecule has 1 aromatic carbocycles.